The molecule has 5 nitrogen and oxygen atoms in total. The molecule has 0 spiro atoms. The van der Waals surface area contributed by atoms with Crippen molar-refractivity contribution in [3.05, 3.63) is 59.8 Å². The Morgan fingerprint density at radius 2 is 1.52 bits per heavy atom. The number of carbonyl (C=O) groups excluding carboxylic acids is 1. The van der Waals surface area contributed by atoms with E-state index in [9.17, 15) is 4.79 Å². The van der Waals surface area contributed by atoms with Gasteiger partial charge in [0.1, 0.15) is 5.69 Å². The van der Waals surface area contributed by atoms with Crippen LogP contribution in [0.1, 0.15) is 23.0 Å². The van der Waals surface area contributed by atoms with Gasteiger partial charge in [0, 0.05) is 5.56 Å². The molecule has 0 amide bonds. The van der Waals surface area contributed by atoms with Crippen LogP contribution in [0.3, 0.4) is 0 Å². The molecule has 1 heterocycles. The minimum absolute atomic E-state index is 0.204. The Hall–Kier alpha value is -2.95. The van der Waals surface area contributed by atoms with Gasteiger partial charge in [0.25, 0.3) is 0 Å². The number of nitrogens with zero attached hydrogens (tertiary/aromatic N) is 2. The van der Waals surface area contributed by atoms with Crippen molar-refractivity contribution in [1.29, 1.82) is 0 Å². The van der Waals surface area contributed by atoms with Gasteiger partial charge in [-0.05, 0) is 25.0 Å². The first-order chi connectivity index (χ1) is 11.2. The van der Waals surface area contributed by atoms with Gasteiger partial charge in [-0.25, -0.2) is 4.79 Å². The summed E-state index contributed by atoms with van der Waals surface area (Å²) < 4.78 is 4.99. The molecule has 0 bridgehead atoms. The molecule has 0 fully saturated rings. The van der Waals surface area contributed by atoms with Crippen molar-refractivity contribution in [3.63, 3.8) is 0 Å². The van der Waals surface area contributed by atoms with Gasteiger partial charge in [-0.15, -0.1) is 5.10 Å². The minimum atomic E-state index is -0.473. The molecule has 116 valence electrons. The van der Waals surface area contributed by atoms with Gasteiger partial charge < -0.3 is 4.74 Å². The van der Waals surface area contributed by atoms with E-state index >= 15 is 0 Å². The average molecular weight is 307 g/mol. The lowest BCUT2D eigenvalue weighted by Gasteiger charge is -2.05. The van der Waals surface area contributed by atoms with Crippen molar-refractivity contribution in [2.45, 2.75) is 13.8 Å². The minimum Gasteiger partial charge on any atom is -0.461 e. The Labute approximate surface area is 134 Å². The smallest absolute Gasteiger partial charge is 0.361 e. The Balaban J connectivity index is 1.90. The Morgan fingerprint density at radius 1 is 0.957 bits per heavy atom. The van der Waals surface area contributed by atoms with Crippen LogP contribution in [0.2, 0.25) is 0 Å². The predicted octanol–water partition coefficient (Wildman–Crippen LogP) is 3.62. The second-order valence-corrected chi connectivity index (χ2v) is 5.18. The summed E-state index contributed by atoms with van der Waals surface area (Å²) >= 11 is 0. The third kappa shape index (κ3) is 3.13. The maximum absolute atomic E-state index is 11.9. The summed E-state index contributed by atoms with van der Waals surface area (Å²) in [7, 11) is 0. The molecule has 3 aromatic rings. The first kappa shape index (κ1) is 15.0. The topological polar surface area (TPSA) is 67.9 Å². The van der Waals surface area contributed by atoms with Gasteiger partial charge in [0.2, 0.25) is 0 Å². The lowest BCUT2D eigenvalue weighted by atomic mass is 10.0. The van der Waals surface area contributed by atoms with Crippen molar-refractivity contribution < 1.29 is 9.53 Å². The molecule has 3 rings (SSSR count). The maximum Gasteiger partial charge on any atom is 0.361 e. The molecule has 0 atom stereocenters. The summed E-state index contributed by atoms with van der Waals surface area (Å²) in [6.07, 6.45) is 0. The third-order valence-corrected chi connectivity index (χ3v) is 3.56. The van der Waals surface area contributed by atoms with Gasteiger partial charge in [0.05, 0.1) is 6.61 Å². The van der Waals surface area contributed by atoms with Crippen LogP contribution in [-0.2, 0) is 4.74 Å². The summed E-state index contributed by atoms with van der Waals surface area (Å²) in [6.45, 7) is 4.12. The molecular formula is C18H17N3O2. The molecule has 0 aliphatic rings. The van der Waals surface area contributed by atoms with E-state index in [4.69, 9.17) is 4.74 Å². The van der Waals surface area contributed by atoms with Crippen LogP contribution < -0.4 is 0 Å². The molecule has 0 aliphatic carbocycles. The molecule has 0 saturated heterocycles. The molecule has 5 heteroatoms. The van der Waals surface area contributed by atoms with Crippen LogP contribution in [0, 0.1) is 6.92 Å². The van der Waals surface area contributed by atoms with Crippen molar-refractivity contribution in [2.24, 2.45) is 0 Å². The van der Waals surface area contributed by atoms with Crippen LogP contribution >= 0.6 is 0 Å². The van der Waals surface area contributed by atoms with Crippen LogP contribution in [0.25, 0.3) is 22.4 Å². The first-order valence-corrected chi connectivity index (χ1v) is 7.44. The fourth-order valence-electron chi connectivity index (χ4n) is 2.34. The van der Waals surface area contributed by atoms with Crippen molar-refractivity contribution in [1.82, 2.24) is 15.4 Å². The van der Waals surface area contributed by atoms with Crippen molar-refractivity contribution in [2.75, 3.05) is 6.61 Å². The highest BCUT2D eigenvalue weighted by atomic mass is 16.5. The van der Waals surface area contributed by atoms with E-state index in [0.29, 0.717) is 12.3 Å². The highest BCUT2D eigenvalue weighted by Crippen LogP contribution is 2.25. The molecule has 2 aromatic carbocycles. The Morgan fingerprint density at radius 3 is 2.13 bits per heavy atom. The molecule has 1 aromatic heterocycles. The lowest BCUT2D eigenvalue weighted by Crippen LogP contribution is -2.06. The molecule has 1 N–H and O–H groups in total. The lowest BCUT2D eigenvalue weighted by molar-refractivity contribution is 0.0520. The molecule has 0 radical (unpaired) electrons. The van der Waals surface area contributed by atoms with Gasteiger partial charge >= 0.3 is 5.97 Å². The number of hydrogen-bond acceptors (Lipinski definition) is 4. The standard InChI is InChI=1S/C18H17N3O2/c1-3-23-18(22)17-16(19-21-20-17)15-10-8-14(9-11-15)13-6-4-12(2)5-7-13/h4-11H,3H2,1-2H3,(H,19,20,21). The second kappa shape index (κ2) is 6.44. The van der Waals surface area contributed by atoms with E-state index in [1.807, 2.05) is 24.3 Å². The van der Waals surface area contributed by atoms with E-state index < -0.39 is 5.97 Å². The van der Waals surface area contributed by atoms with Crippen LogP contribution in [0.15, 0.2) is 48.5 Å². The normalized spacial score (nSPS) is 10.5. The van der Waals surface area contributed by atoms with E-state index in [2.05, 4.69) is 46.6 Å². The molecular weight excluding hydrogens is 290 g/mol. The number of ether oxygens (including phenoxy) is 1. The maximum atomic E-state index is 11.9. The number of carbonyl (C=O) groups is 1. The van der Waals surface area contributed by atoms with Crippen LogP contribution in [0.5, 0.6) is 0 Å². The number of aryl methyl sites for hydroxylation is 1. The molecule has 23 heavy (non-hydrogen) atoms. The van der Waals surface area contributed by atoms with Gasteiger partial charge in [-0.2, -0.15) is 10.3 Å². The van der Waals surface area contributed by atoms with Crippen LogP contribution in [0.4, 0.5) is 0 Å². The number of esters is 1. The highest BCUT2D eigenvalue weighted by Gasteiger charge is 2.18. The molecule has 0 saturated carbocycles. The predicted molar refractivity (Wildman–Crippen MR) is 87.9 cm³/mol. The number of hydrogen-bond donors (Lipinski definition) is 1. The zero-order chi connectivity index (χ0) is 16.2. The average Bonchev–Trinajstić information content (AvgIpc) is 3.06. The number of rotatable bonds is 4. The summed E-state index contributed by atoms with van der Waals surface area (Å²) in [5.74, 6) is -0.473. The third-order valence-electron chi connectivity index (χ3n) is 3.56. The first-order valence-electron chi connectivity index (χ1n) is 7.44. The zero-order valence-electron chi connectivity index (χ0n) is 13.0. The number of H-pyrrole nitrogens is 1. The molecule has 0 aliphatic heterocycles. The summed E-state index contributed by atoms with van der Waals surface area (Å²) in [6, 6.07) is 16.2. The molecule has 0 unspecified atom stereocenters. The quantitative estimate of drug-likeness (QED) is 0.747. The summed E-state index contributed by atoms with van der Waals surface area (Å²) in [5.41, 5.74) is 5.00. The zero-order valence-corrected chi connectivity index (χ0v) is 13.0. The largest absolute Gasteiger partial charge is 0.461 e. The van der Waals surface area contributed by atoms with Gasteiger partial charge in [0.15, 0.2) is 5.69 Å². The monoisotopic (exact) mass is 307 g/mol. The number of nitrogens with one attached hydrogen (secondary N) is 1. The summed E-state index contributed by atoms with van der Waals surface area (Å²) in [5, 5.41) is 10.4. The fraction of sp³-hybridized carbons (Fsp3) is 0.167. The Kier molecular flexibility index (Phi) is 4.19. The number of aromatic nitrogens is 3. The van der Waals surface area contributed by atoms with E-state index in [0.717, 1.165) is 16.7 Å². The summed E-state index contributed by atoms with van der Waals surface area (Å²) in [4.78, 5) is 11.9. The van der Waals surface area contributed by atoms with Gasteiger partial charge in [-0.3, -0.25) is 0 Å². The van der Waals surface area contributed by atoms with Crippen LogP contribution in [-0.4, -0.2) is 28.0 Å². The highest BCUT2D eigenvalue weighted by molar-refractivity contribution is 5.94. The van der Waals surface area contributed by atoms with Crippen molar-refractivity contribution in [3.8, 4) is 22.4 Å². The Bertz CT molecular complexity index is 805. The SMILES string of the molecule is CCOC(=O)c1n[nH]nc1-c1ccc(-c2ccc(C)cc2)cc1. The second-order valence-electron chi connectivity index (χ2n) is 5.18. The van der Waals surface area contributed by atoms with Gasteiger partial charge in [-0.1, -0.05) is 54.1 Å². The number of benzene rings is 2. The van der Waals surface area contributed by atoms with E-state index in [1.54, 1.807) is 6.92 Å². The van der Waals surface area contributed by atoms with E-state index in [-0.39, 0.29) is 5.69 Å². The fourth-order valence-corrected chi connectivity index (χ4v) is 2.34. The number of aromatic amines is 1. The van der Waals surface area contributed by atoms with E-state index in [1.165, 1.54) is 5.56 Å². The van der Waals surface area contributed by atoms with Crippen molar-refractivity contribution >= 4 is 5.97 Å².